The predicted octanol–water partition coefficient (Wildman–Crippen LogP) is 6.71. The summed E-state index contributed by atoms with van der Waals surface area (Å²) in [5.74, 6) is 3.30. The standard InChI is InChI=1S/C27H29O3S/c1-27(21-13-18-12-19(15-21)16-22(27)14-18)30-26(28)17-29-23-6-8-24(9-7-23)31-11-10-20-4-2-3-5-25(20)31/h2-11,18-19,21-22H,12-17H2,1H3/q+1. The lowest BCUT2D eigenvalue weighted by molar-refractivity contribution is -0.204. The first kappa shape index (κ1) is 19.4. The van der Waals surface area contributed by atoms with Gasteiger partial charge in [-0.05, 0) is 87.0 Å². The molecule has 1 aromatic heterocycles. The van der Waals surface area contributed by atoms with Crippen molar-refractivity contribution in [2.24, 2.45) is 23.7 Å². The van der Waals surface area contributed by atoms with E-state index < -0.39 is 0 Å². The average molecular weight is 434 g/mol. The summed E-state index contributed by atoms with van der Waals surface area (Å²) in [7, 11) is -0.0272. The van der Waals surface area contributed by atoms with Crippen molar-refractivity contribution in [1.29, 1.82) is 0 Å². The topological polar surface area (TPSA) is 35.5 Å². The van der Waals surface area contributed by atoms with Crippen LogP contribution in [0.1, 0.15) is 39.0 Å². The Bertz CT molecular complexity index is 1080. The number of hydrogen-bond donors (Lipinski definition) is 0. The second-order valence-corrected chi connectivity index (χ2v) is 11.8. The third-order valence-corrected chi connectivity index (χ3v) is 10.1. The Morgan fingerprint density at radius 3 is 2.32 bits per heavy atom. The molecule has 3 aromatic rings. The number of carbonyl (C=O) groups is 1. The van der Waals surface area contributed by atoms with Crippen LogP contribution in [0, 0.1) is 23.7 Å². The summed E-state index contributed by atoms with van der Waals surface area (Å²) in [6, 6.07) is 18.9. The van der Waals surface area contributed by atoms with Crippen molar-refractivity contribution < 1.29 is 14.3 Å². The van der Waals surface area contributed by atoms with Crippen molar-refractivity contribution in [2.75, 3.05) is 6.61 Å². The highest BCUT2D eigenvalue weighted by atomic mass is 32.2. The maximum absolute atomic E-state index is 12.7. The molecule has 1 heterocycles. The van der Waals surface area contributed by atoms with E-state index in [0.29, 0.717) is 11.8 Å². The molecule has 4 fully saturated rings. The van der Waals surface area contributed by atoms with Gasteiger partial charge >= 0.3 is 5.97 Å². The molecule has 31 heavy (non-hydrogen) atoms. The van der Waals surface area contributed by atoms with Crippen LogP contribution < -0.4 is 4.74 Å². The molecule has 0 spiro atoms. The van der Waals surface area contributed by atoms with Gasteiger partial charge in [-0.15, -0.1) is 0 Å². The van der Waals surface area contributed by atoms with Crippen molar-refractivity contribution in [2.45, 2.75) is 44.6 Å². The molecule has 4 saturated carbocycles. The van der Waals surface area contributed by atoms with E-state index in [0.717, 1.165) is 17.6 Å². The molecule has 0 radical (unpaired) electrons. The largest absolute Gasteiger partial charge is 0.482 e. The van der Waals surface area contributed by atoms with Gasteiger partial charge in [-0.1, -0.05) is 12.1 Å². The van der Waals surface area contributed by atoms with Gasteiger partial charge in [-0.3, -0.25) is 0 Å². The minimum atomic E-state index is -0.291. The fourth-order valence-corrected chi connectivity index (χ4v) is 8.51. The van der Waals surface area contributed by atoms with Crippen molar-refractivity contribution in [3.8, 4) is 10.6 Å². The van der Waals surface area contributed by atoms with E-state index in [2.05, 4.69) is 54.8 Å². The molecular formula is C27H29O3S+. The first-order valence-corrected chi connectivity index (χ1v) is 12.8. The Labute approximate surface area is 186 Å². The molecule has 0 aliphatic heterocycles. The zero-order valence-electron chi connectivity index (χ0n) is 18.0. The summed E-state index contributed by atoms with van der Waals surface area (Å²) >= 11 is 0. The Kier molecular flexibility index (Phi) is 4.60. The quantitative estimate of drug-likeness (QED) is 0.331. The molecule has 160 valence electrons. The van der Waals surface area contributed by atoms with Crippen molar-refractivity contribution in [1.82, 2.24) is 0 Å². The van der Waals surface area contributed by atoms with Gasteiger partial charge in [0, 0.05) is 34.1 Å². The molecule has 4 aliphatic rings. The number of carbonyl (C=O) groups excluding carboxylic acids is 1. The lowest BCUT2D eigenvalue weighted by Crippen LogP contribution is -2.58. The van der Waals surface area contributed by atoms with E-state index in [1.807, 2.05) is 12.1 Å². The van der Waals surface area contributed by atoms with Crippen LogP contribution in [0.15, 0.2) is 60.0 Å². The van der Waals surface area contributed by atoms with E-state index in [-0.39, 0.29) is 28.6 Å². The highest BCUT2D eigenvalue weighted by Gasteiger charge is 2.57. The molecular weight excluding hydrogens is 404 g/mol. The molecule has 7 rings (SSSR count). The molecule has 4 aliphatic carbocycles. The zero-order chi connectivity index (χ0) is 21.0. The first-order valence-electron chi connectivity index (χ1n) is 11.5. The lowest BCUT2D eigenvalue weighted by atomic mass is 9.50. The number of ether oxygens (including phenoxy) is 2. The molecule has 1 atom stereocenters. The number of esters is 1. The van der Waals surface area contributed by atoms with Gasteiger partial charge in [0.2, 0.25) is 0 Å². The maximum atomic E-state index is 12.7. The zero-order valence-corrected chi connectivity index (χ0v) is 18.8. The van der Waals surface area contributed by atoms with E-state index in [1.165, 1.54) is 47.1 Å². The molecule has 3 nitrogen and oxygen atoms in total. The minimum absolute atomic E-state index is 0.0182. The number of fused-ring (bicyclic) bond motifs is 1. The SMILES string of the molecule is CC1(OC(=O)COc2ccc(-[s+]3ccc4ccccc43)cc2)C2CC3CC(C2)CC1C3. The monoisotopic (exact) mass is 433 g/mol. The Morgan fingerprint density at radius 2 is 1.61 bits per heavy atom. The number of benzene rings is 2. The number of thiophene rings is 1. The Hall–Kier alpha value is -2.33. The van der Waals surface area contributed by atoms with Crippen LogP contribution in [-0.4, -0.2) is 18.2 Å². The summed E-state index contributed by atoms with van der Waals surface area (Å²) in [5, 5.41) is 3.57. The molecule has 0 amide bonds. The predicted molar refractivity (Wildman–Crippen MR) is 125 cm³/mol. The van der Waals surface area contributed by atoms with E-state index in [9.17, 15) is 4.79 Å². The second kappa shape index (κ2) is 7.37. The third kappa shape index (κ3) is 3.36. The smallest absolute Gasteiger partial charge is 0.344 e. The van der Waals surface area contributed by atoms with Gasteiger partial charge in [0.15, 0.2) is 16.2 Å². The lowest BCUT2D eigenvalue weighted by Gasteiger charge is -2.59. The summed E-state index contributed by atoms with van der Waals surface area (Å²) < 4.78 is 13.3. The van der Waals surface area contributed by atoms with Crippen LogP contribution in [0.5, 0.6) is 5.75 Å². The van der Waals surface area contributed by atoms with Crippen molar-refractivity contribution in [3.05, 3.63) is 60.0 Å². The third-order valence-electron chi connectivity index (χ3n) is 8.07. The van der Waals surface area contributed by atoms with Crippen LogP contribution in [0.2, 0.25) is 0 Å². The van der Waals surface area contributed by atoms with Crippen LogP contribution in [-0.2, 0) is 9.53 Å². The molecule has 0 saturated heterocycles. The Balaban J connectivity index is 1.10. The first-order chi connectivity index (χ1) is 15.1. The van der Waals surface area contributed by atoms with E-state index in [1.54, 1.807) is 0 Å². The average Bonchev–Trinajstić information content (AvgIpc) is 3.20. The second-order valence-electron chi connectivity index (χ2n) is 9.90. The fraction of sp³-hybridized carbons (Fsp3) is 0.444. The summed E-state index contributed by atoms with van der Waals surface area (Å²) in [5.41, 5.74) is -0.291. The fourth-order valence-electron chi connectivity index (χ4n) is 6.62. The summed E-state index contributed by atoms with van der Waals surface area (Å²) in [6.45, 7) is 2.16. The van der Waals surface area contributed by atoms with Crippen molar-refractivity contribution >= 4 is 26.5 Å². The van der Waals surface area contributed by atoms with Gasteiger partial charge in [0.25, 0.3) is 0 Å². The van der Waals surface area contributed by atoms with Gasteiger partial charge in [0.1, 0.15) is 16.7 Å². The highest BCUT2D eigenvalue weighted by Crippen LogP contribution is 2.59. The molecule has 0 N–H and O–H groups in total. The molecule has 1 unspecified atom stereocenters. The van der Waals surface area contributed by atoms with Gasteiger partial charge < -0.3 is 9.47 Å². The van der Waals surface area contributed by atoms with Crippen LogP contribution >= 0.6 is 10.5 Å². The number of hydrogen-bond acceptors (Lipinski definition) is 3. The van der Waals surface area contributed by atoms with Crippen LogP contribution in [0.25, 0.3) is 15.0 Å². The van der Waals surface area contributed by atoms with E-state index >= 15 is 0 Å². The molecule has 4 heteroatoms. The molecule has 2 aromatic carbocycles. The van der Waals surface area contributed by atoms with E-state index in [4.69, 9.17) is 9.47 Å². The van der Waals surface area contributed by atoms with Gasteiger partial charge in [-0.2, -0.15) is 0 Å². The van der Waals surface area contributed by atoms with Crippen molar-refractivity contribution in [3.63, 3.8) is 0 Å². The van der Waals surface area contributed by atoms with Crippen LogP contribution in [0.4, 0.5) is 0 Å². The normalized spacial score (nSPS) is 31.7. The summed E-state index contributed by atoms with van der Waals surface area (Å²) in [4.78, 5) is 13.9. The summed E-state index contributed by atoms with van der Waals surface area (Å²) in [6.07, 6.45) is 6.34. The maximum Gasteiger partial charge on any atom is 0.344 e. The van der Waals surface area contributed by atoms with Gasteiger partial charge in [0.05, 0.1) is 0 Å². The number of rotatable bonds is 5. The van der Waals surface area contributed by atoms with Gasteiger partial charge in [-0.25, -0.2) is 4.79 Å². The minimum Gasteiger partial charge on any atom is -0.482 e. The molecule has 4 bridgehead atoms. The van der Waals surface area contributed by atoms with Crippen LogP contribution in [0.3, 0.4) is 0 Å². The highest BCUT2D eigenvalue weighted by molar-refractivity contribution is 7.43. The Morgan fingerprint density at radius 1 is 0.935 bits per heavy atom.